The van der Waals surface area contributed by atoms with Crippen LogP contribution in [0.3, 0.4) is 0 Å². The van der Waals surface area contributed by atoms with E-state index in [9.17, 15) is 14.4 Å². The number of thiophene rings is 1. The Balaban J connectivity index is 1.50. The molecule has 2 heterocycles. The Morgan fingerprint density at radius 1 is 1.36 bits per heavy atom. The summed E-state index contributed by atoms with van der Waals surface area (Å²) in [5, 5.41) is 11.1. The molecule has 136 valence electrons. The number of hydrogen-bond donors (Lipinski definition) is 1. The second kappa shape index (κ2) is 7.56. The molecule has 0 spiro atoms. The van der Waals surface area contributed by atoms with Crippen molar-refractivity contribution in [3.63, 3.8) is 0 Å². The van der Waals surface area contributed by atoms with Crippen LogP contribution in [0.2, 0.25) is 0 Å². The van der Waals surface area contributed by atoms with Crippen molar-refractivity contribution in [3.8, 4) is 0 Å². The summed E-state index contributed by atoms with van der Waals surface area (Å²) in [6, 6.07) is 2.22. The smallest absolute Gasteiger partial charge is 0.308 e. The van der Waals surface area contributed by atoms with Gasteiger partial charge < -0.3 is 14.9 Å². The van der Waals surface area contributed by atoms with Gasteiger partial charge in [0.25, 0.3) is 0 Å². The first-order valence-corrected chi connectivity index (χ1v) is 9.69. The molecular formula is C18H24N2O4S. The summed E-state index contributed by atoms with van der Waals surface area (Å²) in [6.45, 7) is 3.19. The van der Waals surface area contributed by atoms with Crippen molar-refractivity contribution < 1.29 is 19.5 Å². The molecule has 0 bridgehead atoms. The van der Waals surface area contributed by atoms with Crippen molar-refractivity contribution in [1.82, 2.24) is 9.80 Å². The van der Waals surface area contributed by atoms with Crippen LogP contribution in [0, 0.1) is 5.92 Å². The molecule has 0 aromatic carbocycles. The second-order valence-electron chi connectivity index (χ2n) is 6.95. The number of carbonyl (C=O) groups is 3. The Labute approximate surface area is 151 Å². The highest BCUT2D eigenvalue weighted by Gasteiger charge is 2.34. The van der Waals surface area contributed by atoms with Crippen molar-refractivity contribution in [2.75, 3.05) is 13.1 Å². The van der Waals surface area contributed by atoms with E-state index in [0.717, 1.165) is 19.3 Å². The predicted octanol–water partition coefficient (Wildman–Crippen LogP) is 2.12. The zero-order chi connectivity index (χ0) is 18.0. The zero-order valence-electron chi connectivity index (χ0n) is 14.4. The topological polar surface area (TPSA) is 77.9 Å². The lowest BCUT2D eigenvalue weighted by Gasteiger charge is -2.28. The van der Waals surface area contributed by atoms with E-state index < -0.39 is 11.9 Å². The fourth-order valence-electron chi connectivity index (χ4n) is 3.19. The molecule has 7 heteroatoms. The lowest BCUT2D eigenvalue weighted by atomic mass is 10.1. The van der Waals surface area contributed by atoms with Crippen LogP contribution >= 0.6 is 11.3 Å². The number of rotatable bonds is 7. The molecule has 1 aliphatic heterocycles. The van der Waals surface area contributed by atoms with E-state index >= 15 is 0 Å². The Morgan fingerprint density at radius 2 is 2.12 bits per heavy atom. The first-order chi connectivity index (χ1) is 12.0. The van der Waals surface area contributed by atoms with Gasteiger partial charge in [-0.25, -0.2) is 0 Å². The van der Waals surface area contributed by atoms with Gasteiger partial charge in [-0.1, -0.05) is 6.92 Å². The molecule has 0 saturated heterocycles. The normalized spacial score (nSPS) is 17.7. The molecule has 2 amide bonds. The van der Waals surface area contributed by atoms with Crippen molar-refractivity contribution in [1.29, 1.82) is 0 Å². The average Bonchev–Trinajstić information content (AvgIpc) is 3.32. The van der Waals surface area contributed by atoms with Gasteiger partial charge in [0.1, 0.15) is 0 Å². The number of amides is 2. The number of carbonyl (C=O) groups excluding carboxylic acids is 2. The number of aliphatic carboxylic acids is 1. The SMILES string of the molecule is C[C@@H](CN(C(=O)CCC(=O)N1CCc2sccc2C1)C1CC1)C(=O)O. The summed E-state index contributed by atoms with van der Waals surface area (Å²) in [5.41, 5.74) is 1.21. The van der Waals surface area contributed by atoms with Gasteiger partial charge >= 0.3 is 5.97 Å². The Hall–Kier alpha value is -1.89. The van der Waals surface area contributed by atoms with Crippen LogP contribution in [0.5, 0.6) is 0 Å². The number of fused-ring (bicyclic) bond motifs is 1. The van der Waals surface area contributed by atoms with Crippen molar-refractivity contribution in [2.24, 2.45) is 5.92 Å². The third kappa shape index (κ3) is 4.39. The minimum atomic E-state index is -0.894. The third-order valence-corrected chi connectivity index (χ3v) is 5.94. The molecular weight excluding hydrogens is 340 g/mol. The molecule has 2 aliphatic rings. The fourth-order valence-corrected chi connectivity index (χ4v) is 4.08. The summed E-state index contributed by atoms with van der Waals surface area (Å²) in [7, 11) is 0. The van der Waals surface area contributed by atoms with E-state index in [2.05, 4.69) is 11.4 Å². The Bertz CT molecular complexity index is 668. The van der Waals surface area contributed by atoms with Gasteiger partial charge in [-0.05, 0) is 36.3 Å². The number of carboxylic acids is 1. The van der Waals surface area contributed by atoms with Gasteiger partial charge in [0.15, 0.2) is 0 Å². The molecule has 1 aliphatic carbocycles. The van der Waals surface area contributed by atoms with Gasteiger partial charge in [0.2, 0.25) is 11.8 Å². The Morgan fingerprint density at radius 3 is 2.80 bits per heavy atom. The molecule has 1 N–H and O–H groups in total. The average molecular weight is 364 g/mol. The number of hydrogen-bond acceptors (Lipinski definition) is 4. The predicted molar refractivity (Wildman–Crippen MR) is 94.2 cm³/mol. The number of nitrogens with zero attached hydrogens (tertiary/aromatic N) is 2. The van der Waals surface area contributed by atoms with E-state index in [4.69, 9.17) is 5.11 Å². The summed E-state index contributed by atoms with van der Waals surface area (Å²) >= 11 is 1.73. The first kappa shape index (κ1) is 17.9. The molecule has 1 atom stereocenters. The largest absolute Gasteiger partial charge is 0.481 e. The highest BCUT2D eigenvalue weighted by Crippen LogP contribution is 2.29. The maximum absolute atomic E-state index is 12.5. The zero-order valence-corrected chi connectivity index (χ0v) is 15.3. The fraction of sp³-hybridized carbons (Fsp3) is 0.611. The summed E-state index contributed by atoms with van der Waals surface area (Å²) in [6.07, 6.45) is 3.10. The number of carboxylic acid groups (broad SMARTS) is 1. The first-order valence-electron chi connectivity index (χ1n) is 8.81. The standard InChI is InChI=1S/C18H24N2O4S/c1-12(18(23)24)10-20(14-2-3-14)17(22)5-4-16(21)19-8-6-15-13(11-19)7-9-25-15/h7,9,12,14H,2-6,8,10-11H2,1H3,(H,23,24)/t12-/m0/s1. The van der Waals surface area contributed by atoms with Gasteiger partial charge in [0.05, 0.1) is 5.92 Å². The highest BCUT2D eigenvalue weighted by molar-refractivity contribution is 7.10. The van der Waals surface area contributed by atoms with Crippen LogP contribution in [0.1, 0.15) is 43.0 Å². The van der Waals surface area contributed by atoms with Crippen LogP contribution in [0.25, 0.3) is 0 Å². The van der Waals surface area contributed by atoms with Crippen molar-refractivity contribution in [2.45, 2.75) is 51.6 Å². The van der Waals surface area contributed by atoms with E-state index in [1.807, 2.05) is 4.90 Å². The minimum Gasteiger partial charge on any atom is -0.481 e. The highest BCUT2D eigenvalue weighted by atomic mass is 32.1. The quantitative estimate of drug-likeness (QED) is 0.804. The van der Waals surface area contributed by atoms with Crippen LogP contribution in [0.15, 0.2) is 11.4 Å². The van der Waals surface area contributed by atoms with Gasteiger partial charge in [-0.3, -0.25) is 14.4 Å². The monoisotopic (exact) mass is 364 g/mol. The van der Waals surface area contributed by atoms with E-state index in [0.29, 0.717) is 13.1 Å². The van der Waals surface area contributed by atoms with Gasteiger partial charge in [0, 0.05) is 43.4 Å². The molecule has 1 aromatic heterocycles. The van der Waals surface area contributed by atoms with E-state index in [1.54, 1.807) is 23.2 Å². The van der Waals surface area contributed by atoms with Crippen LogP contribution in [0.4, 0.5) is 0 Å². The molecule has 1 aromatic rings. The van der Waals surface area contributed by atoms with Gasteiger partial charge in [-0.2, -0.15) is 0 Å². The van der Waals surface area contributed by atoms with Gasteiger partial charge in [-0.15, -0.1) is 11.3 Å². The lowest BCUT2D eigenvalue weighted by molar-refractivity contribution is -0.144. The molecule has 0 radical (unpaired) electrons. The minimum absolute atomic E-state index is 0.00669. The second-order valence-corrected chi connectivity index (χ2v) is 7.95. The van der Waals surface area contributed by atoms with Crippen LogP contribution in [-0.2, 0) is 27.3 Å². The molecule has 3 rings (SSSR count). The molecule has 1 fully saturated rings. The van der Waals surface area contributed by atoms with Crippen molar-refractivity contribution in [3.05, 3.63) is 21.9 Å². The molecule has 0 unspecified atom stereocenters. The van der Waals surface area contributed by atoms with Crippen LogP contribution < -0.4 is 0 Å². The molecule has 6 nitrogen and oxygen atoms in total. The van der Waals surface area contributed by atoms with E-state index in [1.165, 1.54) is 10.4 Å². The summed E-state index contributed by atoms with van der Waals surface area (Å²) in [5.74, 6) is -1.57. The lowest BCUT2D eigenvalue weighted by Crippen LogP contribution is -2.40. The van der Waals surface area contributed by atoms with E-state index in [-0.39, 0.29) is 37.2 Å². The summed E-state index contributed by atoms with van der Waals surface area (Å²) in [4.78, 5) is 40.8. The third-order valence-electron chi connectivity index (χ3n) is 4.91. The molecule has 25 heavy (non-hydrogen) atoms. The maximum atomic E-state index is 12.5. The Kier molecular flexibility index (Phi) is 5.42. The molecule has 1 saturated carbocycles. The maximum Gasteiger partial charge on any atom is 0.308 e. The van der Waals surface area contributed by atoms with Crippen LogP contribution in [-0.4, -0.2) is 51.8 Å². The summed E-state index contributed by atoms with van der Waals surface area (Å²) < 4.78 is 0. The van der Waals surface area contributed by atoms with Crippen molar-refractivity contribution >= 4 is 29.1 Å².